The minimum absolute atomic E-state index is 0.137. The maximum atomic E-state index is 12.1. The zero-order valence-electron chi connectivity index (χ0n) is 12.0. The average Bonchev–Trinajstić information content (AvgIpc) is 2.79. The number of urea groups is 1. The minimum Gasteiger partial charge on any atom is -0.338 e. The third-order valence-corrected chi connectivity index (χ3v) is 5.45. The van der Waals surface area contributed by atoms with Gasteiger partial charge in [0.25, 0.3) is 0 Å². The molecule has 0 radical (unpaired) electrons. The summed E-state index contributed by atoms with van der Waals surface area (Å²) in [7, 11) is -3.18. The van der Waals surface area contributed by atoms with E-state index in [1.54, 1.807) is 22.4 Å². The van der Waals surface area contributed by atoms with E-state index < -0.39 is 10.0 Å². The van der Waals surface area contributed by atoms with Gasteiger partial charge in [0.1, 0.15) is 0 Å². The Morgan fingerprint density at radius 3 is 2.86 bits per heavy atom. The summed E-state index contributed by atoms with van der Waals surface area (Å²) in [6.45, 7) is 2.38. The van der Waals surface area contributed by atoms with E-state index in [0.717, 1.165) is 5.01 Å². The molecule has 1 saturated heterocycles. The van der Waals surface area contributed by atoms with Crippen molar-refractivity contribution in [3.05, 3.63) is 16.6 Å². The van der Waals surface area contributed by atoms with E-state index in [1.165, 1.54) is 10.6 Å². The molecule has 9 heteroatoms. The monoisotopic (exact) mass is 332 g/mol. The average molecular weight is 332 g/mol. The summed E-state index contributed by atoms with van der Waals surface area (Å²) >= 11 is 1.57. The van der Waals surface area contributed by atoms with E-state index >= 15 is 0 Å². The van der Waals surface area contributed by atoms with Gasteiger partial charge in [-0.05, 0) is 6.42 Å². The number of carbonyl (C=O) groups excluding carboxylic acids is 1. The van der Waals surface area contributed by atoms with Crippen LogP contribution in [-0.4, -0.2) is 67.6 Å². The molecule has 0 spiro atoms. The van der Waals surface area contributed by atoms with Crippen molar-refractivity contribution in [3.8, 4) is 0 Å². The van der Waals surface area contributed by atoms with Crippen molar-refractivity contribution in [1.29, 1.82) is 0 Å². The maximum absolute atomic E-state index is 12.1. The molecule has 1 fully saturated rings. The van der Waals surface area contributed by atoms with Crippen molar-refractivity contribution in [3.63, 3.8) is 0 Å². The predicted octanol–water partition coefficient (Wildman–Crippen LogP) is 0.363. The van der Waals surface area contributed by atoms with Gasteiger partial charge in [0.15, 0.2) is 0 Å². The number of hydrogen-bond donors (Lipinski definition) is 1. The highest BCUT2D eigenvalue weighted by Crippen LogP contribution is 2.07. The zero-order chi connectivity index (χ0) is 15.3. The third-order valence-electron chi connectivity index (χ3n) is 3.31. The third kappa shape index (κ3) is 4.94. The van der Waals surface area contributed by atoms with Gasteiger partial charge in [0.05, 0.1) is 11.3 Å². The van der Waals surface area contributed by atoms with Crippen LogP contribution in [0.2, 0.25) is 0 Å². The van der Waals surface area contributed by atoms with Crippen molar-refractivity contribution >= 4 is 27.4 Å². The molecule has 0 unspecified atom stereocenters. The van der Waals surface area contributed by atoms with Crippen molar-refractivity contribution < 1.29 is 13.2 Å². The smallest absolute Gasteiger partial charge is 0.317 e. The van der Waals surface area contributed by atoms with Gasteiger partial charge in [0, 0.05) is 50.7 Å². The quantitative estimate of drug-likeness (QED) is 0.863. The Labute approximate surface area is 129 Å². The second kappa shape index (κ2) is 7.19. The summed E-state index contributed by atoms with van der Waals surface area (Å²) in [6, 6.07) is -0.137. The highest BCUT2D eigenvalue weighted by Gasteiger charge is 2.23. The Bertz CT molecular complexity index is 559. The van der Waals surface area contributed by atoms with Crippen LogP contribution in [0, 0.1) is 0 Å². The molecule has 21 heavy (non-hydrogen) atoms. The molecule has 0 aromatic carbocycles. The Kier molecular flexibility index (Phi) is 5.54. The van der Waals surface area contributed by atoms with Crippen LogP contribution in [0.15, 0.2) is 11.6 Å². The van der Waals surface area contributed by atoms with Gasteiger partial charge in [-0.3, -0.25) is 0 Å². The SMILES string of the molecule is CS(=O)(=O)N1CCCN(C(=O)NCCc2nccs2)CC1. The number of sulfonamides is 1. The molecule has 2 rings (SSSR count). The molecule has 0 saturated carbocycles. The molecule has 2 heterocycles. The summed E-state index contributed by atoms with van der Waals surface area (Å²) in [4.78, 5) is 17.9. The number of nitrogens with one attached hydrogen (secondary N) is 1. The van der Waals surface area contributed by atoms with Gasteiger partial charge in [0.2, 0.25) is 10.0 Å². The molecule has 0 atom stereocenters. The molecule has 1 aromatic heterocycles. The standard InChI is InChI=1S/C12H20N4O3S2/c1-21(18,19)16-7-2-6-15(8-9-16)12(17)14-4-3-11-13-5-10-20-11/h5,10H,2-4,6-9H2,1H3,(H,14,17). The number of carbonyl (C=O) groups is 1. The van der Waals surface area contributed by atoms with Crippen LogP contribution in [0.3, 0.4) is 0 Å². The summed E-state index contributed by atoms with van der Waals surface area (Å²) in [5, 5.41) is 5.76. The topological polar surface area (TPSA) is 82.6 Å². The predicted molar refractivity (Wildman–Crippen MR) is 81.8 cm³/mol. The lowest BCUT2D eigenvalue weighted by atomic mass is 10.4. The summed E-state index contributed by atoms with van der Waals surface area (Å²) in [5.41, 5.74) is 0. The number of nitrogens with zero attached hydrogens (tertiary/aromatic N) is 3. The first-order valence-corrected chi connectivity index (χ1v) is 9.56. The molecular weight excluding hydrogens is 312 g/mol. The number of hydrogen-bond acceptors (Lipinski definition) is 5. The fraction of sp³-hybridized carbons (Fsp3) is 0.667. The van der Waals surface area contributed by atoms with Crippen LogP contribution in [0.25, 0.3) is 0 Å². The van der Waals surface area contributed by atoms with Gasteiger partial charge in [-0.1, -0.05) is 0 Å². The van der Waals surface area contributed by atoms with Crippen molar-refractivity contribution in [2.45, 2.75) is 12.8 Å². The lowest BCUT2D eigenvalue weighted by Gasteiger charge is -2.21. The second-order valence-corrected chi connectivity index (χ2v) is 7.87. The van der Waals surface area contributed by atoms with E-state index in [-0.39, 0.29) is 6.03 Å². The molecule has 1 aliphatic rings. The first-order chi connectivity index (χ1) is 9.97. The van der Waals surface area contributed by atoms with Crippen molar-refractivity contribution in [2.75, 3.05) is 39.0 Å². The molecular formula is C12H20N4O3S2. The molecule has 7 nitrogen and oxygen atoms in total. The maximum Gasteiger partial charge on any atom is 0.317 e. The fourth-order valence-corrected chi connectivity index (χ4v) is 3.69. The lowest BCUT2D eigenvalue weighted by molar-refractivity contribution is 0.200. The molecule has 1 aliphatic heterocycles. The van der Waals surface area contributed by atoms with Crippen LogP contribution in [0.5, 0.6) is 0 Å². The van der Waals surface area contributed by atoms with Gasteiger partial charge in [-0.2, -0.15) is 0 Å². The van der Waals surface area contributed by atoms with Gasteiger partial charge >= 0.3 is 6.03 Å². The number of amides is 2. The number of rotatable bonds is 4. The molecule has 1 N–H and O–H groups in total. The zero-order valence-corrected chi connectivity index (χ0v) is 13.6. The van der Waals surface area contributed by atoms with Crippen molar-refractivity contribution in [1.82, 2.24) is 19.5 Å². The Balaban J connectivity index is 1.77. The highest BCUT2D eigenvalue weighted by atomic mass is 32.2. The van der Waals surface area contributed by atoms with Crippen LogP contribution in [0.1, 0.15) is 11.4 Å². The summed E-state index contributed by atoms with van der Waals surface area (Å²) in [5.74, 6) is 0. The normalized spacial score (nSPS) is 17.5. The van der Waals surface area contributed by atoms with Crippen LogP contribution >= 0.6 is 11.3 Å². The molecule has 2 amide bonds. The van der Waals surface area contributed by atoms with E-state index in [0.29, 0.717) is 45.6 Å². The van der Waals surface area contributed by atoms with E-state index in [1.807, 2.05) is 5.38 Å². The first kappa shape index (κ1) is 16.2. The van der Waals surface area contributed by atoms with Crippen LogP contribution < -0.4 is 5.32 Å². The molecule has 118 valence electrons. The fourth-order valence-electron chi connectivity index (χ4n) is 2.19. The van der Waals surface area contributed by atoms with E-state index in [9.17, 15) is 13.2 Å². The van der Waals surface area contributed by atoms with Crippen LogP contribution in [0.4, 0.5) is 4.79 Å². The Hall–Kier alpha value is -1.19. The van der Waals surface area contributed by atoms with E-state index in [2.05, 4.69) is 10.3 Å². The first-order valence-electron chi connectivity index (χ1n) is 6.83. The van der Waals surface area contributed by atoms with Gasteiger partial charge in [-0.25, -0.2) is 22.5 Å². The summed E-state index contributed by atoms with van der Waals surface area (Å²) < 4.78 is 24.5. The molecule has 1 aromatic rings. The minimum atomic E-state index is -3.18. The van der Waals surface area contributed by atoms with E-state index in [4.69, 9.17) is 0 Å². The Morgan fingerprint density at radius 1 is 1.38 bits per heavy atom. The molecule has 0 bridgehead atoms. The second-order valence-electron chi connectivity index (χ2n) is 4.91. The Morgan fingerprint density at radius 2 is 2.19 bits per heavy atom. The van der Waals surface area contributed by atoms with Gasteiger partial charge in [-0.15, -0.1) is 11.3 Å². The van der Waals surface area contributed by atoms with Gasteiger partial charge < -0.3 is 10.2 Å². The number of thiazole rings is 1. The van der Waals surface area contributed by atoms with Crippen molar-refractivity contribution in [2.24, 2.45) is 0 Å². The highest BCUT2D eigenvalue weighted by molar-refractivity contribution is 7.88. The van der Waals surface area contributed by atoms with Crippen LogP contribution in [-0.2, 0) is 16.4 Å². The lowest BCUT2D eigenvalue weighted by Crippen LogP contribution is -2.43. The number of aromatic nitrogens is 1. The largest absolute Gasteiger partial charge is 0.338 e. The molecule has 0 aliphatic carbocycles. The summed E-state index contributed by atoms with van der Waals surface area (Å²) in [6.07, 6.45) is 4.33.